The Labute approximate surface area is 196 Å². The summed E-state index contributed by atoms with van der Waals surface area (Å²) in [6.07, 6.45) is 6.43. The lowest BCUT2D eigenvalue weighted by Gasteiger charge is -2.35. The van der Waals surface area contributed by atoms with Crippen LogP contribution in [0, 0.1) is 0 Å². The van der Waals surface area contributed by atoms with Gasteiger partial charge in [-0.3, -0.25) is 4.79 Å². The number of halogens is 1. The van der Waals surface area contributed by atoms with Crippen LogP contribution < -0.4 is 10.2 Å². The molecule has 0 unspecified atom stereocenters. The molecule has 2 aromatic heterocycles. The summed E-state index contributed by atoms with van der Waals surface area (Å²) in [4.78, 5) is 12.3. The summed E-state index contributed by atoms with van der Waals surface area (Å²) < 4.78 is 19.6. The Hall–Kier alpha value is -2.02. The van der Waals surface area contributed by atoms with Crippen LogP contribution in [-0.2, 0) is 17.6 Å². The van der Waals surface area contributed by atoms with Crippen LogP contribution in [0.15, 0.2) is 52.0 Å². The molecule has 0 bridgehead atoms. The highest BCUT2D eigenvalue weighted by atomic mass is 35.5. The molecule has 0 aliphatic carbocycles. The van der Waals surface area contributed by atoms with Crippen LogP contribution in [0.2, 0.25) is 23.2 Å². The molecule has 0 N–H and O–H groups in total. The number of benzene rings is 1. The molecule has 0 saturated carbocycles. The number of ether oxygens (including phenoxy) is 1. The van der Waals surface area contributed by atoms with Crippen LogP contribution >= 0.6 is 11.6 Å². The topological polar surface area (TPSA) is 53.6 Å². The van der Waals surface area contributed by atoms with Crippen molar-refractivity contribution in [3.05, 3.63) is 63.8 Å². The van der Waals surface area contributed by atoms with Gasteiger partial charge in [0, 0.05) is 34.7 Å². The monoisotopic (exact) mass is 475 g/mol. The number of hydrogen-bond acceptors (Lipinski definition) is 4. The summed E-state index contributed by atoms with van der Waals surface area (Å²) in [5.41, 5.74) is 1.03. The minimum absolute atomic E-state index is 0.110. The maximum absolute atomic E-state index is 12.3. The Bertz CT molecular complexity index is 1100. The van der Waals surface area contributed by atoms with Gasteiger partial charge in [0.25, 0.3) is 0 Å². The molecule has 0 aliphatic rings. The van der Waals surface area contributed by atoms with Crippen LogP contribution in [0.4, 0.5) is 0 Å². The van der Waals surface area contributed by atoms with E-state index in [4.69, 9.17) is 25.2 Å². The van der Waals surface area contributed by atoms with Crippen LogP contribution in [0.3, 0.4) is 0 Å². The third kappa shape index (κ3) is 6.27. The van der Waals surface area contributed by atoms with Gasteiger partial charge in [-0.1, -0.05) is 32.4 Å². The van der Waals surface area contributed by atoms with E-state index in [1.165, 1.54) is 17.8 Å². The number of fused-ring (bicyclic) bond motifs is 1. The molecule has 3 aromatic rings. The molecular weight excluding hydrogens is 442 g/mol. The zero-order valence-electron chi connectivity index (χ0n) is 19.7. The second-order valence-corrected chi connectivity index (χ2v) is 15.0. The standard InChI is InChI=1S/C25H34ClNO4Si/c1-25(2,3)32(4,5)31-17-21-16-23(28)24(18-30-21)29-14-8-6-7-12-27-13-11-19-15-20(26)9-10-22(19)27/h9-11,13,15-16,18H,6-8,12,14,17H2,1-5H3. The van der Waals surface area contributed by atoms with E-state index in [1.54, 1.807) is 0 Å². The second-order valence-electron chi connectivity index (χ2n) is 9.75. The zero-order chi connectivity index (χ0) is 23.4. The minimum atomic E-state index is -1.89. The van der Waals surface area contributed by atoms with E-state index < -0.39 is 8.32 Å². The summed E-state index contributed by atoms with van der Waals surface area (Å²) >= 11 is 6.05. The Morgan fingerprint density at radius 1 is 1.09 bits per heavy atom. The molecule has 0 radical (unpaired) electrons. The molecule has 174 valence electrons. The van der Waals surface area contributed by atoms with Gasteiger partial charge < -0.3 is 18.1 Å². The van der Waals surface area contributed by atoms with E-state index in [-0.39, 0.29) is 16.2 Å². The molecule has 7 heteroatoms. The predicted octanol–water partition coefficient (Wildman–Crippen LogP) is 7.02. The van der Waals surface area contributed by atoms with Crippen LogP contribution in [0.25, 0.3) is 10.9 Å². The Morgan fingerprint density at radius 2 is 1.88 bits per heavy atom. The van der Waals surface area contributed by atoms with Gasteiger partial charge in [0.1, 0.15) is 12.0 Å². The molecule has 0 saturated heterocycles. The van der Waals surface area contributed by atoms with Crippen molar-refractivity contribution in [2.75, 3.05) is 6.61 Å². The minimum Gasteiger partial charge on any atom is -0.487 e. The predicted molar refractivity (Wildman–Crippen MR) is 133 cm³/mol. The molecule has 0 atom stereocenters. The highest BCUT2D eigenvalue weighted by Gasteiger charge is 2.37. The van der Waals surface area contributed by atoms with Crippen molar-refractivity contribution >= 4 is 30.8 Å². The largest absolute Gasteiger partial charge is 0.487 e. The van der Waals surface area contributed by atoms with Gasteiger partial charge in [-0.25, -0.2) is 0 Å². The smallest absolute Gasteiger partial charge is 0.227 e. The Balaban J connectivity index is 1.40. The average Bonchev–Trinajstić information content (AvgIpc) is 3.11. The van der Waals surface area contributed by atoms with Crippen molar-refractivity contribution in [2.45, 2.75) is 71.3 Å². The first-order valence-electron chi connectivity index (χ1n) is 11.2. The van der Waals surface area contributed by atoms with Gasteiger partial charge >= 0.3 is 0 Å². The van der Waals surface area contributed by atoms with Crippen molar-refractivity contribution in [1.29, 1.82) is 0 Å². The fourth-order valence-corrected chi connectivity index (χ4v) is 4.31. The zero-order valence-corrected chi connectivity index (χ0v) is 21.5. The summed E-state index contributed by atoms with van der Waals surface area (Å²) in [6.45, 7) is 12.7. The van der Waals surface area contributed by atoms with Crippen LogP contribution in [-0.4, -0.2) is 19.5 Å². The maximum atomic E-state index is 12.3. The van der Waals surface area contributed by atoms with E-state index in [9.17, 15) is 4.79 Å². The van der Waals surface area contributed by atoms with Gasteiger partial charge in [-0.05, 0) is 61.7 Å². The molecule has 1 aromatic carbocycles. The highest BCUT2D eigenvalue weighted by molar-refractivity contribution is 6.74. The average molecular weight is 476 g/mol. The summed E-state index contributed by atoms with van der Waals surface area (Å²) in [6, 6.07) is 9.53. The molecule has 32 heavy (non-hydrogen) atoms. The SMILES string of the molecule is CC(C)(C)[Si](C)(C)OCc1cc(=O)c(OCCCCCn2ccc3cc(Cl)ccc32)co1. The van der Waals surface area contributed by atoms with E-state index >= 15 is 0 Å². The third-order valence-electron chi connectivity index (χ3n) is 6.27. The fourth-order valence-electron chi connectivity index (χ4n) is 3.20. The molecular formula is C25H34ClNO4Si. The summed E-state index contributed by atoms with van der Waals surface area (Å²) in [5.74, 6) is 0.793. The molecule has 5 nitrogen and oxygen atoms in total. The van der Waals surface area contributed by atoms with Crippen LogP contribution in [0.5, 0.6) is 5.75 Å². The number of nitrogens with zero attached hydrogens (tertiary/aromatic N) is 1. The van der Waals surface area contributed by atoms with E-state index in [1.807, 2.05) is 12.1 Å². The molecule has 0 amide bonds. The van der Waals surface area contributed by atoms with Crippen molar-refractivity contribution in [3.63, 3.8) is 0 Å². The van der Waals surface area contributed by atoms with Gasteiger partial charge in [0.15, 0.2) is 8.32 Å². The van der Waals surface area contributed by atoms with E-state index in [2.05, 4.69) is 56.8 Å². The quantitative estimate of drug-likeness (QED) is 0.233. The summed E-state index contributed by atoms with van der Waals surface area (Å²) in [5, 5.41) is 2.03. The summed E-state index contributed by atoms with van der Waals surface area (Å²) in [7, 11) is -1.89. The maximum Gasteiger partial charge on any atom is 0.227 e. The van der Waals surface area contributed by atoms with E-state index in [0.717, 1.165) is 36.2 Å². The van der Waals surface area contributed by atoms with Gasteiger partial charge in [-0.2, -0.15) is 0 Å². The lowest BCUT2D eigenvalue weighted by atomic mass is 10.2. The van der Waals surface area contributed by atoms with Crippen molar-refractivity contribution in [3.8, 4) is 5.75 Å². The first-order valence-corrected chi connectivity index (χ1v) is 14.5. The van der Waals surface area contributed by atoms with E-state index in [0.29, 0.717) is 19.0 Å². The molecule has 0 spiro atoms. The van der Waals surface area contributed by atoms with Crippen molar-refractivity contribution < 1.29 is 13.6 Å². The second kappa shape index (κ2) is 10.3. The van der Waals surface area contributed by atoms with Gasteiger partial charge in [-0.15, -0.1) is 0 Å². The molecule has 2 heterocycles. The number of aryl methyl sites for hydroxylation is 1. The lowest BCUT2D eigenvalue weighted by molar-refractivity contribution is 0.236. The third-order valence-corrected chi connectivity index (χ3v) is 11.0. The fraction of sp³-hybridized carbons (Fsp3) is 0.480. The number of rotatable bonds is 10. The molecule has 0 fully saturated rings. The molecule has 0 aliphatic heterocycles. The Morgan fingerprint density at radius 3 is 2.59 bits per heavy atom. The van der Waals surface area contributed by atoms with Gasteiger partial charge in [0.05, 0.1) is 13.2 Å². The Kier molecular flexibility index (Phi) is 7.91. The molecule has 3 rings (SSSR count). The van der Waals surface area contributed by atoms with Crippen LogP contribution in [0.1, 0.15) is 45.8 Å². The number of aromatic nitrogens is 1. The normalized spacial score (nSPS) is 12.4. The number of hydrogen-bond donors (Lipinski definition) is 0. The first kappa shape index (κ1) is 24.6. The van der Waals surface area contributed by atoms with Gasteiger partial charge in [0.2, 0.25) is 11.2 Å². The highest BCUT2D eigenvalue weighted by Crippen LogP contribution is 2.37. The first-order chi connectivity index (χ1) is 15.1. The van der Waals surface area contributed by atoms with Crippen molar-refractivity contribution in [1.82, 2.24) is 4.57 Å². The number of unbranched alkanes of at least 4 members (excludes halogenated alkanes) is 2. The van der Waals surface area contributed by atoms with Crippen molar-refractivity contribution in [2.24, 2.45) is 0 Å². The lowest BCUT2D eigenvalue weighted by Crippen LogP contribution is -2.40.